The van der Waals surface area contributed by atoms with Crippen LogP contribution in [0.5, 0.6) is 0 Å². The van der Waals surface area contributed by atoms with Gasteiger partial charge in [0.15, 0.2) is 15.6 Å². The van der Waals surface area contributed by atoms with Crippen molar-refractivity contribution < 1.29 is 13.2 Å². The van der Waals surface area contributed by atoms with Crippen molar-refractivity contribution in [2.75, 3.05) is 0 Å². The Morgan fingerprint density at radius 3 is 2.19 bits per heavy atom. The molecule has 0 aromatic heterocycles. The van der Waals surface area contributed by atoms with Gasteiger partial charge in [0.2, 0.25) is 0 Å². The number of carbonyl (C=O) groups is 1. The van der Waals surface area contributed by atoms with Gasteiger partial charge in [0, 0.05) is 5.56 Å². The molecule has 0 saturated heterocycles. The van der Waals surface area contributed by atoms with Crippen LogP contribution in [-0.2, 0) is 9.84 Å². The molecule has 2 aromatic carbocycles. The third-order valence-corrected chi connectivity index (χ3v) is 5.91. The van der Waals surface area contributed by atoms with Crippen molar-refractivity contribution >= 4 is 38.8 Å². The van der Waals surface area contributed by atoms with E-state index in [2.05, 4.69) is 0 Å². The van der Waals surface area contributed by atoms with Crippen molar-refractivity contribution in [3.8, 4) is 0 Å². The lowest BCUT2D eigenvalue weighted by atomic mass is 10.1. The SMILES string of the molecule is CC(C(=O)c1ccccc1)S(=O)(=O)c1ccc(Cl)c(Cl)c1. The fourth-order valence-electron chi connectivity index (χ4n) is 1.84. The van der Waals surface area contributed by atoms with Gasteiger partial charge in [-0.05, 0) is 25.1 Å². The average Bonchev–Trinajstić information content (AvgIpc) is 2.49. The first-order valence-corrected chi connectivity index (χ1v) is 8.42. The number of sulfone groups is 1. The maximum absolute atomic E-state index is 12.5. The summed E-state index contributed by atoms with van der Waals surface area (Å²) in [6.07, 6.45) is 0. The number of benzene rings is 2. The molecule has 0 spiro atoms. The molecule has 0 fully saturated rings. The van der Waals surface area contributed by atoms with Gasteiger partial charge in [-0.25, -0.2) is 8.42 Å². The molecule has 21 heavy (non-hydrogen) atoms. The molecule has 6 heteroatoms. The van der Waals surface area contributed by atoms with E-state index in [-0.39, 0.29) is 14.9 Å². The van der Waals surface area contributed by atoms with E-state index in [0.717, 1.165) is 0 Å². The van der Waals surface area contributed by atoms with Crippen molar-refractivity contribution in [2.24, 2.45) is 0 Å². The van der Waals surface area contributed by atoms with Crippen molar-refractivity contribution in [3.63, 3.8) is 0 Å². The topological polar surface area (TPSA) is 51.2 Å². The van der Waals surface area contributed by atoms with Gasteiger partial charge in [-0.1, -0.05) is 53.5 Å². The summed E-state index contributed by atoms with van der Waals surface area (Å²) in [5.41, 5.74) is 0.355. The number of hydrogen-bond donors (Lipinski definition) is 0. The van der Waals surface area contributed by atoms with E-state index in [1.165, 1.54) is 25.1 Å². The van der Waals surface area contributed by atoms with Crippen LogP contribution in [0.2, 0.25) is 10.0 Å². The summed E-state index contributed by atoms with van der Waals surface area (Å²) in [7, 11) is -3.82. The second kappa shape index (κ2) is 6.18. The van der Waals surface area contributed by atoms with E-state index in [1.807, 2.05) is 0 Å². The Labute approximate surface area is 133 Å². The molecule has 3 nitrogen and oxygen atoms in total. The molecule has 0 aliphatic carbocycles. The highest BCUT2D eigenvalue weighted by Crippen LogP contribution is 2.27. The molecule has 1 atom stereocenters. The van der Waals surface area contributed by atoms with Gasteiger partial charge in [0.05, 0.1) is 14.9 Å². The number of hydrogen-bond acceptors (Lipinski definition) is 3. The fourth-order valence-corrected chi connectivity index (χ4v) is 3.56. The molecule has 0 radical (unpaired) electrons. The summed E-state index contributed by atoms with van der Waals surface area (Å²) < 4.78 is 25.0. The van der Waals surface area contributed by atoms with E-state index in [4.69, 9.17) is 23.2 Å². The van der Waals surface area contributed by atoms with Crippen LogP contribution in [-0.4, -0.2) is 19.5 Å². The average molecular weight is 343 g/mol. The van der Waals surface area contributed by atoms with Gasteiger partial charge in [0.1, 0.15) is 5.25 Å². The second-order valence-corrected chi connectivity index (χ2v) is 7.58. The van der Waals surface area contributed by atoms with Gasteiger partial charge >= 0.3 is 0 Å². The van der Waals surface area contributed by atoms with Gasteiger partial charge in [-0.15, -0.1) is 0 Å². The van der Waals surface area contributed by atoms with Crippen molar-refractivity contribution in [3.05, 3.63) is 64.1 Å². The molecule has 0 amide bonds. The highest BCUT2D eigenvalue weighted by Gasteiger charge is 2.30. The standard InChI is InChI=1S/C15H12Cl2O3S/c1-10(15(18)11-5-3-2-4-6-11)21(19,20)12-7-8-13(16)14(17)9-12/h2-10H,1H3. The fraction of sp³-hybridized carbons (Fsp3) is 0.133. The first-order chi connectivity index (χ1) is 9.84. The molecule has 0 aliphatic rings. The highest BCUT2D eigenvalue weighted by molar-refractivity contribution is 7.92. The largest absolute Gasteiger partial charge is 0.293 e. The maximum atomic E-state index is 12.5. The molecule has 1 unspecified atom stereocenters. The van der Waals surface area contributed by atoms with Crippen LogP contribution in [0.3, 0.4) is 0 Å². The highest BCUT2D eigenvalue weighted by atomic mass is 35.5. The van der Waals surface area contributed by atoms with E-state index in [9.17, 15) is 13.2 Å². The molecular weight excluding hydrogens is 331 g/mol. The zero-order chi connectivity index (χ0) is 15.6. The second-order valence-electron chi connectivity index (χ2n) is 4.49. The predicted octanol–water partition coefficient (Wildman–Crippen LogP) is 4.04. The van der Waals surface area contributed by atoms with E-state index >= 15 is 0 Å². The molecule has 2 rings (SSSR count). The number of halogens is 2. The maximum Gasteiger partial charge on any atom is 0.188 e. The smallest absolute Gasteiger partial charge is 0.188 e. The first kappa shape index (κ1) is 16.0. The molecule has 0 saturated carbocycles. The zero-order valence-corrected chi connectivity index (χ0v) is 13.4. The number of Topliss-reactive ketones (excluding diaryl/α,β-unsaturated/α-hetero) is 1. The minimum Gasteiger partial charge on any atom is -0.293 e. The monoisotopic (exact) mass is 342 g/mol. The third kappa shape index (κ3) is 3.28. The zero-order valence-electron chi connectivity index (χ0n) is 11.1. The van der Waals surface area contributed by atoms with Crippen LogP contribution in [0.15, 0.2) is 53.4 Å². The molecule has 0 aliphatic heterocycles. The van der Waals surface area contributed by atoms with E-state index in [0.29, 0.717) is 5.56 Å². The lowest BCUT2D eigenvalue weighted by molar-refractivity contribution is 0.0991. The number of ketones is 1. The Morgan fingerprint density at radius 1 is 1.00 bits per heavy atom. The molecule has 0 heterocycles. The summed E-state index contributed by atoms with van der Waals surface area (Å²) in [6.45, 7) is 1.37. The Morgan fingerprint density at radius 2 is 1.62 bits per heavy atom. The van der Waals surface area contributed by atoms with Gasteiger partial charge in [-0.2, -0.15) is 0 Å². The Bertz CT molecular complexity index is 771. The minimum atomic E-state index is -3.82. The van der Waals surface area contributed by atoms with Crippen LogP contribution >= 0.6 is 23.2 Å². The summed E-state index contributed by atoms with van der Waals surface area (Å²) >= 11 is 11.6. The Balaban J connectivity index is 2.39. The quantitative estimate of drug-likeness (QED) is 0.788. The minimum absolute atomic E-state index is 0.0197. The normalized spacial score (nSPS) is 12.9. The molecule has 110 valence electrons. The third-order valence-electron chi connectivity index (χ3n) is 3.11. The lowest BCUT2D eigenvalue weighted by Gasteiger charge is -2.12. The molecule has 2 aromatic rings. The van der Waals surface area contributed by atoms with Crippen LogP contribution in [0.25, 0.3) is 0 Å². The molecule has 0 bridgehead atoms. The van der Waals surface area contributed by atoms with Gasteiger partial charge in [-0.3, -0.25) is 4.79 Å². The van der Waals surface area contributed by atoms with E-state index in [1.54, 1.807) is 30.3 Å². The summed E-state index contributed by atoms with van der Waals surface area (Å²) in [4.78, 5) is 12.3. The van der Waals surface area contributed by atoms with Gasteiger partial charge in [0.25, 0.3) is 0 Å². The van der Waals surface area contributed by atoms with Crippen molar-refractivity contribution in [2.45, 2.75) is 17.1 Å². The number of carbonyl (C=O) groups excluding carboxylic acids is 1. The Hall–Kier alpha value is -1.36. The molecular formula is C15H12Cl2O3S. The van der Waals surface area contributed by atoms with Crippen LogP contribution in [0.4, 0.5) is 0 Å². The Kier molecular flexibility index (Phi) is 4.71. The van der Waals surface area contributed by atoms with Crippen molar-refractivity contribution in [1.82, 2.24) is 0 Å². The summed E-state index contributed by atoms with van der Waals surface area (Å²) in [5, 5.41) is -0.799. The first-order valence-electron chi connectivity index (χ1n) is 6.12. The van der Waals surface area contributed by atoms with Crippen LogP contribution < -0.4 is 0 Å². The van der Waals surface area contributed by atoms with Crippen LogP contribution in [0.1, 0.15) is 17.3 Å². The van der Waals surface area contributed by atoms with Crippen LogP contribution in [0, 0.1) is 0 Å². The van der Waals surface area contributed by atoms with Crippen molar-refractivity contribution in [1.29, 1.82) is 0 Å². The lowest BCUT2D eigenvalue weighted by Crippen LogP contribution is -2.27. The summed E-state index contributed by atoms with van der Waals surface area (Å²) in [5.74, 6) is -0.457. The van der Waals surface area contributed by atoms with Gasteiger partial charge < -0.3 is 0 Å². The number of rotatable bonds is 4. The molecule has 0 N–H and O–H groups in total. The van der Waals surface area contributed by atoms with E-state index < -0.39 is 20.9 Å². The summed E-state index contributed by atoms with van der Waals surface area (Å²) in [6, 6.07) is 12.3. The predicted molar refractivity (Wildman–Crippen MR) is 83.9 cm³/mol.